The minimum absolute atomic E-state index is 0.00504. The largest absolute Gasteiger partial charge is 0.350 e. The molecule has 2 aliphatic carbocycles. The van der Waals surface area contributed by atoms with E-state index in [4.69, 9.17) is 5.73 Å². The van der Waals surface area contributed by atoms with Crippen molar-refractivity contribution in [3.05, 3.63) is 11.6 Å². The Morgan fingerprint density at radius 3 is 2.57 bits per heavy atom. The molecule has 2 saturated carbocycles. The van der Waals surface area contributed by atoms with Crippen LogP contribution in [0.3, 0.4) is 0 Å². The fourth-order valence-electron chi connectivity index (χ4n) is 9.29. The molecule has 0 radical (unpaired) electrons. The second-order valence-corrected chi connectivity index (χ2v) is 16.5. The Kier molecular flexibility index (Phi) is 13.6. The fraction of sp³-hybridized carbons (Fsp3) is 0.919. The third-order valence-corrected chi connectivity index (χ3v) is 12.6. The number of nitrogens with one attached hydrogen (secondary N) is 5. The summed E-state index contributed by atoms with van der Waals surface area (Å²) in [6, 6.07) is 0.768. The van der Waals surface area contributed by atoms with Gasteiger partial charge in [-0.3, -0.25) is 15.5 Å². The molecule has 0 bridgehead atoms. The van der Waals surface area contributed by atoms with Crippen LogP contribution in [0.25, 0.3) is 0 Å². The molecule has 4 fully saturated rings. The summed E-state index contributed by atoms with van der Waals surface area (Å²) in [5, 5.41) is 17.1. The molecule has 47 heavy (non-hydrogen) atoms. The lowest BCUT2D eigenvalue weighted by atomic mass is 9.70. The summed E-state index contributed by atoms with van der Waals surface area (Å²) in [4.78, 5) is 17.0. The van der Waals surface area contributed by atoms with Crippen LogP contribution < -0.4 is 32.4 Å². The number of nitrogens with zero attached hydrogens (tertiary/aromatic N) is 2. The van der Waals surface area contributed by atoms with Crippen molar-refractivity contribution in [2.24, 2.45) is 28.9 Å². The van der Waals surface area contributed by atoms with Crippen molar-refractivity contribution < 1.29 is 9.18 Å². The Hall–Kier alpha value is -1.14. The van der Waals surface area contributed by atoms with Crippen LogP contribution in [0.1, 0.15) is 104 Å². The first kappa shape index (κ1) is 37.1. The normalized spacial score (nSPS) is 37.4. The van der Waals surface area contributed by atoms with Gasteiger partial charge in [-0.25, -0.2) is 9.40 Å². The summed E-state index contributed by atoms with van der Waals surface area (Å²) in [7, 11) is 4.30. The van der Waals surface area contributed by atoms with Crippen molar-refractivity contribution in [1.82, 2.24) is 36.6 Å². The lowest BCUT2D eigenvalue weighted by molar-refractivity contribution is -0.129. The van der Waals surface area contributed by atoms with Gasteiger partial charge in [0, 0.05) is 50.3 Å². The van der Waals surface area contributed by atoms with Crippen LogP contribution in [0.4, 0.5) is 4.39 Å². The van der Waals surface area contributed by atoms with E-state index in [9.17, 15) is 4.79 Å². The lowest BCUT2D eigenvalue weighted by Crippen LogP contribution is -2.67. The molecule has 5 rings (SSSR count). The van der Waals surface area contributed by atoms with Gasteiger partial charge in [0.2, 0.25) is 5.91 Å². The Balaban J connectivity index is 1.36. The van der Waals surface area contributed by atoms with E-state index in [0.29, 0.717) is 23.9 Å². The van der Waals surface area contributed by atoms with Crippen molar-refractivity contribution in [3.8, 4) is 0 Å². The quantitative estimate of drug-likeness (QED) is 0.131. The average molecular weight is 661 g/mol. The van der Waals surface area contributed by atoms with E-state index in [2.05, 4.69) is 71.5 Å². The summed E-state index contributed by atoms with van der Waals surface area (Å²) >= 11 is 0. The van der Waals surface area contributed by atoms with Crippen molar-refractivity contribution in [2.45, 2.75) is 147 Å². The summed E-state index contributed by atoms with van der Waals surface area (Å²) < 4.78 is 15.2. The third kappa shape index (κ3) is 9.77. The van der Waals surface area contributed by atoms with E-state index >= 15 is 4.39 Å². The molecule has 9 nitrogen and oxygen atoms in total. The lowest BCUT2D eigenvalue weighted by Gasteiger charge is -2.46. The highest BCUT2D eigenvalue weighted by Crippen LogP contribution is 2.40. The Morgan fingerprint density at radius 2 is 1.89 bits per heavy atom. The summed E-state index contributed by atoms with van der Waals surface area (Å²) in [6.07, 6.45) is 15.1. The zero-order valence-electron chi connectivity index (χ0n) is 30.3. The minimum Gasteiger partial charge on any atom is -0.350 e. The number of allylic oxidation sites excluding steroid dienone is 1. The minimum atomic E-state index is -1.08. The van der Waals surface area contributed by atoms with E-state index in [1.807, 2.05) is 0 Å². The number of halogens is 1. The molecular weight excluding hydrogens is 591 g/mol. The zero-order chi connectivity index (χ0) is 33.6. The van der Waals surface area contributed by atoms with Crippen LogP contribution in [-0.2, 0) is 4.79 Å². The standard InChI is InChI=1S/C37H69FN8O/c1-6-16-37(3)20-31(40-22-28(38)18-25(37)2)34(35(39)43-29-13-10-14-29)36(47)44-32-23-41-30(27-11-8-7-9-12-27)19-33(32)46-24-26(21-42-46)15-17-45(4)5/h18,26-35,40-43H,6-17,19-24,39H2,1-5H3,(H,44,47)/b25-18+. The highest BCUT2D eigenvalue weighted by molar-refractivity contribution is 5.80. The molecule has 1 amide bonds. The zero-order valence-corrected chi connectivity index (χ0v) is 30.3. The first-order valence-electron chi connectivity index (χ1n) is 19.3. The van der Waals surface area contributed by atoms with Crippen molar-refractivity contribution in [1.29, 1.82) is 0 Å². The van der Waals surface area contributed by atoms with Gasteiger partial charge in [-0.2, -0.15) is 0 Å². The van der Waals surface area contributed by atoms with Gasteiger partial charge >= 0.3 is 0 Å². The van der Waals surface area contributed by atoms with E-state index in [1.165, 1.54) is 44.9 Å². The van der Waals surface area contributed by atoms with Crippen molar-refractivity contribution in [2.75, 3.05) is 46.8 Å². The molecule has 0 spiro atoms. The molecule has 0 aromatic rings. The second kappa shape index (κ2) is 17.2. The molecule has 3 aliphatic heterocycles. The van der Waals surface area contributed by atoms with E-state index in [0.717, 1.165) is 70.3 Å². The summed E-state index contributed by atoms with van der Waals surface area (Å²) in [5.41, 5.74) is 11.6. The van der Waals surface area contributed by atoms with Gasteiger partial charge in [-0.1, -0.05) is 51.5 Å². The number of hydrogen-bond donors (Lipinski definition) is 6. The predicted octanol–water partition coefficient (Wildman–Crippen LogP) is 3.67. The van der Waals surface area contributed by atoms with Gasteiger partial charge in [0.05, 0.1) is 18.1 Å². The Morgan fingerprint density at radius 1 is 1.13 bits per heavy atom. The van der Waals surface area contributed by atoms with Crippen LogP contribution in [0.2, 0.25) is 0 Å². The number of amides is 1. The Bertz CT molecular complexity index is 1020. The van der Waals surface area contributed by atoms with Gasteiger partial charge < -0.3 is 26.6 Å². The van der Waals surface area contributed by atoms with Crippen LogP contribution in [0.15, 0.2) is 11.6 Å². The van der Waals surface area contributed by atoms with E-state index < -0.39 is 18.3 Å². The number of alkyl halides is 1. The monoisotopic (exact) mass is 661 g/mol. The SMILES string of the molecule is CCCC1(C)CC(C(C(=O)NC2CNC(C3CCCCC3)CC2N2CC(CCN(C)C)CN2)C(N)NC2CCC2)NCC(F)/C=C/1C. The number of carbonyl (C=O) groups is 1. The molecule has 0 aromatic carbocycles. The van der Waals surface area contributed by atoms with Gasteiger partial charge in [0.1, 0.15) is 6.17 Å². The maximum absolute atomic E-state index is 15.2. The summed E-state index contributed by atoms with van der Waals surface area (Å²) in [6.45, 7) is 10.6. The third-order valence-electron chi connectivity index (χ3n) is 12.6. The molecule has 2 saturated heterocycles. The fourth-order valence-corrected chi connectivity index (χ4v) is 9.29. The first-order chi connectivity index (χ1) is 22.6. The molecule has 9 atom stereocenters. The maximum atomic E-state index is 15.2. The van der Waals surface area contributed by atoms with E-state index in [-0.39, 0.29) is 36.0 Å². The second-order valence-electron chi connectivity index (χ2n) is 16.5. The molecule has 10 heteroatoms. The number of rotatable bonds is 13. The molecule has 9 unspecified atom stereocenters. The summed E-state index contributed by atoms with van der Waals surface area (Å²) in [5.74, 6) is 0.795. The molecule has 7 N–H and O–H groups in total. The maximum Gasteiger partial charge on any atom is 0.227 e. The van der Waals surface area contributed by atoms with Crippen LogP contribution in [-0.4, -0.2) is 105 Å². The average Bonchev–Trinajstić information content (AvgIpc) is 3.50. The van der Waals surface area contributed by atoms with Crippen LogP contribution in [0, 0.1) is 23.2 Å². The smallest absolute Gasteiger partial charge is 0.227 e. The molecule has 270 valence electrons. The van der Waals surface area contributed by atoms with Crippen LogP contribution >= 0.6 is 0 Å². The van der Waals surface area contributed by atoms with E-state index in [1.54, 1.807) is 6.08 Å². The van der Waals surface area contributed by atoms with Gasteiger partial charge in [0.15, 0.2) is 0 Å². The number of hydrazine groups is 1. The number of nitrogens with two attached hydrogens (primary N) is 1. The molecular formula is C37H69FN8O. The number of piperidine rings is 1. The number of hydrogen-bond acceptors (Lipinski definition) is 8. The molecule has 0 aromatic heterocycles. The number of carbonyl (C=O) groups excluding carboxylic acids is 1. The highest BCUT2D eigenvalue weighted by atomic mass is 19.1. The van der Waals surface area contributed by atoms with Gasteiger partial charge in [-0.05, 0) is 102 Å². The molecule has 5 aliphatic rings. The Labute approximate surface area is 285 Å². The predicted molar refractivity (Wildman–Crippen MR) is 190 cm³/mol. The first-order valence-corrected chi connectivity index (χ1v) is 19.3. The van der Waals surface area contributed by atoms with Crippen molar-refractivity contribution in [3.63, 3.8) is 0 Å². The van der Waals surface area contributed by atoms with Crippen molar-refractivity contribution >= 4 is 5.91 Å². The highest BCUT2D eigenvalue weighted by Gasteiger charge is 2.45. The molecule has 3 heterocycles. The van der Waals surface area contributed by atoms with Crippen LogP contribution in [0.5, 0.6) is 0 Å². The topological polar surface area (TPSA) is 110 Å². The van der Waals surface area contributed by atoms with Gasteiger partial charge in [0.25, 0.3) is 0 Å². The van der Waals surface area contributed by atoms with Gasteiger partial charge in [-0.15, -0.1) is 0 Å².